The number of ether oxygens (including phenoxy) is 2. The van der Waals surface area contributed by atoms with Crippen LogP contribution < -0.4 is 10.5 Å². The normalized spacial score (nSPS) is 11.7. The Morgan fingerprint density at radius 3 is 2.33 bits per heavy atom. The van der Waals surface area contributed by atoms with Gasteiger partial charge < -0.3 is 15.2 Å². The van der Waals surface area contributed by atoms with Gasteiger partial charge in [0, 0.05) is 11.1 Å². The fourth-order valence-corrected chi connectivity index (χ4v) is 3.08. The van der Waals surface area contributed by atoms with Crippen molar-refractivity contribution in [3.63, 3.8) is 0 Å². The van der Waals surface area contributed by atoms with E-state index in [9.17, 15) is 4.79 Å². The molecule has 5 heteroatoms. The van der Waals surface area contributed by atoms with Crippen LogP contribution in [0.1, 0.15) is 37.0 Å². The molecule has 0 saturated heterocycles. The standard InChI is InChI=1S/C25H26N2O3/c1-4-15-29-25(28)23(19-13-9-6-10-14-19)30-24-22(26)20(17(2)3)16-21(27-24)18-11-7-5-8-12-18/h4-14,16-17,23H,1,15,26H2,2-3H3. The zero-order chi connectivity index (χ0) is 21.5. The fraction of sp³-hybridized carbons (Fsp3) is 0.200. The molecule has 1 unspecified atom stereocenters. The molecular formula is C25H26N2O3. The average Bonchev–Trinajstić information content (AvgIpc) is 2.77. The summed E-state index contributed by atoms with van der Waals surface area (Å²) >= 11 is 0. The van der Waals surface area contributed by atoms with Crippen molar-refractivity contribution in [2.75, 3.05) is 12.3 Å². The number of carbonyl (C=O) groups excluding carboxylic acids is 1. The van der Waals surface area contributed by atoms with Crippen LogP contribution in [0.15, 0.2) is 79.4 Å². The number of aromatic nitrogens is 1. The lowest BCUT2D eigenvalue weighted by Gasteiger charge is -2.21. The van der Waals surface area contributed by atoms with Gasteiger partial charge in [-0.2, -0.15) is 0 Å². The Labute approximate surface area is 177 Å². The molecule has 3 aromatic rings. The molecule has 0 bridgehead atoms. The first-order chi connectivity index (χ1) is 14.5. The van der Waals surface area contributed by atoms with Crippen LogP contribution in [-0.2, 0) is 9.53 Å². The van der Waals surface area contributed by atoms with Crippen LogP contribution in [-0.4, -0.2) is 17.6 Å². The number of nitrogens with two attached hydrogens (primary N) is 1. The molecule has 2 N–H and O–H groups in total. The summed E-state index contributed by atoms with van der Waals surface area (Å²) in [5.41, 5.74) is 10.1. The zero-order valence-corrected chi connectivity index (χ0v) is 17.2. The number of nitrogens with zero attached hydrogens (tertiary/aromatic N) is 1. The van der Waals surface area contributed by atoms with E-state index in [0.29, 0.717) is 11.3 Å². The number of esters is 1. The lowest BCUT2D eigenvalue weighted by atomic mass is 9.99. The highest BCUT2D eigenvalue weighted by Gasteiger charge is 2.27. The molecule has 30 heavy (non-hydrogen) atoms. The lowest BCUT2D eigenvalue weighted by molar-refractivity contribution is -0.151. The summed E-state index contributed by atoms with van der Waals surface area (Å²) in [5.74, 6) is -0.163. The largest absolute Gasteiger partial charge is 0.458 e. The second-order valence-electron chi connectivity index (χ2n) is 7.16. The van der Waals surface area contributed by atoms with E-state index < -0.39 is 12.1 Å². The topological polar surface area (TPSA) is 74.4 Å². The van der Waals surface area contributed by atoms with E-state index in [1.54, 1.807) is 12.1 Å². The molecule has 3 rings (SSSR count). The minimum atomic E-state index is -0.994. The molecule has 1 atom stereocenters. The predicted octanol–water partition coefficient (Wildman–Crippen LogP) is 5.30. The van der Waals surface area contributed by atoms with E-state index in [1.165, 1.54) is 6.08 Å². The molecule has 0 fully saturated rings. The maximum atomic E-state index is 12.7. The quantitative estimate of drug-likeness (QED) is 0.409. The molecule has 0 aliphatic rings. The van der Waals surface area contributed by atoms with Gasteiger partial charge in [0.2, 0.25) is 12.0 Å². The summed E-state index contributed by atoms with van der Waals surface area (Å²) in [6, 6.07) is 20.9. The Bertz CT molecular complexity index is 1000. The van der Waals surface area contributed by atoms with E-state index in [-0.39, 0.29) is 18.4 Å². The number of pyridine rings is 1. The van der Waals surface area contributed by atoms with Gasteiger partial charge in [-0.1, -0.05) is 87.2 Å². The summed E-state index contributed by atoms with van der Waals surface area (Å²) in [6.45, 7) is 7.79. The van der Waals surface area contributed by atoms with Crippen LogP contribution in [0.5, 0.6) is 5.88 Å². The Hall–Kier alpha value is -3.60. The molecule has 1 aromatic heterocycles. The maximum absolute atomic E-state index is 12.7. The van der Waals surface area contributed by atoms with Crippen LogP contribution in [0.2, 0.25) is 0 Å². The van der Waals surface area contributed by atoms with Gasteiger partial charge in [0.1, 0.15) is 6.61 Å². The first-order valence-electron chi connectivity index (χ1n) is 9.86. The van der Waals surface area contributed by atoms with Gasteiger partial charge in [-0.05, 0) is 17.5 Å². The molecule has 0 radical (unpaired) electrons. The monoisotopic (exact) mass is 402 g/mol. The van der Waals surface area contributed by atoms with E-state index in [4.69, 9.17) is 15.2 Å². The van der Waals surface area contributed by atoms with Crippen molar-refractivity contribution in [2.24, 2.45) is 0 Å². The molecule has 0 aliphatic heterocycles. The molecule has 2 aromatic carbocycles. The van der Waals surface area contributed by atoms with Gasteiger partial charge in [0.25, 0.3) is 0 Å². The van der Waals surface area contributed by atoms with Crippen LogP contribution in [0.4, 0.5) is 5.69 Å². The van der Waals surface area contributed by atoms with Gasteiger partial charge in [-0.15, -0.1) is 0 Å². The highest BCUT2D eigenvalue weighted by atomic mass is 16.6. The van der Waals surface area contributed by atoms with Gasteiger partial charge in [0.15, 0.2) is 0 Å². The van der Waals surface area contributed by atoms with Crippen LogP contribution in [0.3, 0.4) is 0 Å². The first-order valence-corrected chi connectivity index (χ1v) is 9.86. The van der Waals surface area contributed by atoms with Crippen molar-refractivity contribution in [2.45, 2.75) is 25.9 Å². The van der Waals surface area contributed by atoms with Crippen molar-refractivity contribution in [1.29, 1.82) is 0 Å². The lowest BCUT2D eigenvalue weighted by Crippen LogP contribution is -2.22. The van der Waals surface area contributed by atoms with E-state index >= 15 is 0 Å². The molecule has 5 nitrogen and oxygen atoms in total. The number of benzene rings is 2. The van der Waals surface area contributed by atoms with E-state index in [0.717, 1.165) is 16.8 Å². The highest BCUT2D eigenvalue weighted by Crippen LogP contribution is 2.35. The summed E-state index contributed by atoms with van der Waals surface area (Å²) in [6.07, 6.45) is 0.520. The Morgan fingerprint density at radius 2 is 1.73 bits per heavy atom. The number of hydrogen-bond donors (Lipinski definition) is 1. The minimum absolute atomic E-state index is 0.0930. The maximum Gasteiger partial charge on any atom is 0.352 e. The van der Waals surface area contributed by atoms with Crippen molar-refractivity contribution in [3.8, 4) is 17.1 Å². The highest BCUT2D eigenvalue weighted by molar-refractivity contribution is 5.77. The number of nitrogen functional groups attached to an aromatic ring is 1. The molecule has 0 saturated carbocycles. The molecule has 0 spiro atoms. The molecule has 0 aliphatic carbocycles. The average molecular weight is 402 g/mol. The molecule has 154 valence electrons. The summed E-state index contributed by atoms with van der Waals surface area (Å²) in [7, 11) is 0. The Morgan fingerprint density at radius 1 is 1.10 bits per heavy atom. The van der Waals surface area contributed by atoms with E-state index in [1.807, 2.05) is 54.6 Å². The van der Waals surface area contributed by atoms with Crippen LogP contribution >= 0.6 is 0 Å². The van der Waals surface area contributed by atoms with Crippen LogP contribution in [0.25, 0.3) is 11.3 Å². The third kappa shape index (κ3) is 4.87. The van der Waals surface area contributed by atoms with Crippen molar-refractivity contribution in [1.82, 2.24) is 4.98 Å². The van der Waals surface area contributed by atoms with Gasteiger partial charge >= 0.3 is 5.97 Å². The fourth-order valence-electron chi connectivity index (χ4n) is 3.08. The Balaban J connectivity index is 2.06. The number of anilines is 1. The third-order valence-electron chi connectivity index (χ3n) is 4.64. The predicted molar refractivity (Wildman–Crippen MR) is 119 cm³/mol. The third-order valence-corrected chi connectivity index (χ3v) is 4.64. The second-order valence-corrected chi connectivity index (χ2v) is 7.16. The minimum Gasteiger partial charge on any atom is -0.458 e. The van der Waals surface area contributed by atoms with Gasteiger partial charge in [0.05, 0.1) is 11.4 Å². The first kappa shape index (κ1) is 21.1. The van der Waals surface area contributed by atoms with Crippen molar-refractivity contribution in [3.05, 3.63) is 90.5 Å². The number of rotatable bonds is 8. The van der Waals surface area contributed by atoms with Crippen molar-refractivity contribution >= 4 is 11.7 Å². The van der Waals surface area contributed by atoms with E-state index in [2.05, 4.69) is 25.4 Å². The summed E-state index contributed by atoms with van der Waals surface area (Å²) < 4.78 is 11.4. The van der Waals surface area contributed by atoms with Gasteiger partial charge in [-0.25, -0.2) is 9.78 Å². The SMILES string of the molecule is C=CCOC(=O)C(Oc1nc(-c2ccccc2)cc(C(C)C)c1N)c1ccccc1. The summed E-state index contributed by atoms with van der Waals surface area (Å²) in [4.78, 5) is 17.4. The zero-order valence-electron chi connectivity index (χ0n) is 17.2. The molecule has 0 amide bonds. The van der Waals surface area contributed by atoms with Gasteiger partial charge in [-0.3, -0.25) is 0 Å². The molecule has 1 heterocycles. The Kier molecular flexibility index (Phi) is 6.86. The molecular weight excluding hydrogens is 376 g/mol. The van der Waals surface area contributed by atoms with Crippen molar-refractivity contribution < 1.29 is 14.3 Å². The second kappa shape index (κ2) is 9.74. The number of hydrogen-bond acceptors (Lipinski definition) is 5. The van der Waals surface area contributed by atoms with Crippen LogP contribution in [0, 0.1) is 0 Å². The smallest absolute Gasteiger partial charge is 0.352 e. The number of carbonyl (C=O) groups is 1. The summed E-state index contributed by atoms with van der Waals surface area (Å²) in [5, 5.41) is 0.